The Hall–Kier alpha value is -1.12. The molecule has 0 aliphatic carbocycles. The van der Waals surface area contributed by atoms with Gasteiger partial charge in [-0.25, -0.2) is 8.42 Å². The highest BCUT2D eigenvalue weighted by Gasteiger charge is 2.32. The van der Waals surface area contributed by atoms with Crippen molar-refractivity contribution in [2.24, 2.45) is 0 Å². The molecule has 0 aliphatic heterocycles. The van der Waals surface area contributed by atoms with Gasteiger partial charge in [-0.2, -0.15) is 4.31 Å². The van der Waals surface area contributed by atoms with E-state index in [2.05, 4.69) is 15.9 Å². The van der Waals surface area contributed by atoms with Gasteiger partial charge in [0.05, 0.1) is 7.11 Å². The SMILES string of the molecule is COc1cc(C)c(Br)cc1S(=O)(=O)N(C)C(C)C(=O)O. The third-order valence-corrected chi connectivity index (χ3v) is 5.81. The maximum atomic E-state index is 12.5. The fraction of sp³-hybridized carbons (Fsp3) is 0.417. The third kappa shape index (κ3) is 3.13. The van der Waals surface area contributed by atoms with Crippen molar-refractivity contribution >= 4 is 31.9 Å². The largest absolute Gasteiger partial charge is 0.495 e. The van der Waals surface area contributed by atoms with Gasteiger partial charge in [0, 0.05) is 11.5 Å². The standard InChI is InChI=1S/C12H16BrNO5S/c1-7-5-10(19-4)11(6-9(7)13)20(17,18)14(3)8(2)12(15)16/h5-6,8H,1-4H3,(H,15,16). The molecule has 0 bridgehead atoms. The van der Waals surface area contributed by atoms with Crippen molar-refractivity contribution in [1.82, 2.24) is 4.31 Å². The highest BCUT2D eigenvalue weighted by molar-refractivity contribution is 9.10. The lowest BCUT2D eigenvalue weighted by Gasteiger charge is -2.22. The Morgan fingerprint density at radius 1 is 1.45 bits per heavy atom. The fourth-order valence-corrected chi connectivity index (χ4v) is 3.49. The van der Waals surface area contributed by atoms with Crippen LogP contribution in [0.15, 0.2) is 21.5 Å². The minimum absolute atomic E-state index is 0.0759. The number of ether oxygens (including phenoxy) is 1. The van der Waals surface area contributed by atoms with Gasteiger partial charge >= 0.3 is 5.97 Å². The average molecular weight is 366 g/mol. The number of benzene rings is 1. The molecule has 0 aliphatic rings. The summed E-state index contributed by atoms with van der Waals surface area (Å²) in [4.78, 5) is 10.9. The Morgan fingerprint density at radius 3 is 2.45 bits per heavy atom. The molecule has 0 aromatic heterocycles. The molecule has 0 spiro atoms. The fourth-order valence-electron chi connectivity index (χ4n) is 1.52. The van der Waals surface area contributed by atoms with Crippen molar-refractivity contribution in [3.05, 3.63) is 22.2 Å². The van der Waals surface area contributed by atoms with Crippen LogP contribution < -0.4 is 4.74 Å². The van der Waals surface area contributed by atoms with E-state index in [0.717, 1.165) is 9.87 Å². The second-order valence-electron chi connectivity index (χ2n) is 4.29. The first kappa shape index (κ1) is 16.9. The average Bonchev–Trinajstić information content (AvgIpc) is 2.39. The smallest absolute Gasteiger partial charge is 0.321 e. The first-order valence-corrected chi connectivity index (χ1v) is 7.91. The molecule has 6 nitrogen and oxygen atoms in total. The predicted octanol–water partition coefficient (Wildman–Crippen LogP) is 1.86. The van der Waals surface area contributed by atoms with Crippen molar-refractivity contribution in [1.29, 1.82) is 0 Å². The minimum Gasteiger partial charge on any atom is -0.495 e. The number of halogens is 1. The van der Waals surface area contributed by atoms with Crippen LogP contribution in [0.25, 0.3) is 0 Å². The highest BCUT2D eigenvalue weighted by atomic mass is 79.9. The number of carboxylic acid groups (broad SMARTS) is 1. The van der Waals surface area contributed by atoms with E-state index in [9.17, 15) is 13.2 Å². The first-order chi connectivity index (χ1) is 9.12. The van der Waals surface area contributed by atoms with Gasteiger partial charge in [0.25, 0.3) is 0 Å². The van der Waals surface area contributed by atoms with Gasteiger partial charge in [-0.05, 0) is 31.5 Å². The van der Waals surface area contributed by atoms with Gasteiger partial charge < -0.3 is 9.84 Å². The molecule has 1 N–H and O–H groups in total. The molecule has 1 rings (SSSR count). The monoisotopic (exact) mass is 365 g/mol. The summed E-state index contributed by atoms with van der Waals surface area (Å²) in [5, 5.41) is 8.94. The topological polar surface area (TPSA) is 83.9 Å². The van der Waals surface area contributed by atoms with Crippen LogP contribution in [0.5, 0.6) is 5.75 Å². The van der Waals surface area contributed by atoms with Crippen LogP contribution in [-0.4, -0.2) is 44.0 Å². The third-order valence-electron chi connectivity index (χ3n) is 3.00. The van der Waals surface area contributed by atoms with E-state index in [1.165, 1.54) is 27.1 Å². The second-order valence-corrected chi connectivity index (χ2v) is 7.11. The number of nitrogens with zero attached hydrogens (tertiary/aromatic N) is 1. The van der Waals surface area contributed by atoms with Crippen molar-refractivity contribution in [3.63, 3.8) is 0 Å². The summed E-state index contributed by atoms with van der Waals surface area (Å²) in [5.74, 6) is -1.05. The summed E-state index contributed by atoms with van der Waals surface area (Å²) in [6.07, 6.45) is 0. The molecule has 0 amide bonds. The summed E-state index contributed by atoms with van der Waals surface area (Å²) in [5.41, 5.74) is 0.815. The van der Waals surface area contributed by atoms with Gasteiger partial charge in [-0.3, -0.25) is 4.79 Å². The van der Waals surface area contributed by atoms with Crippen molar-refractivity contribution in [3.8, 4) is 5.75 Å². The number of hydrogen-bond acceptors (Lipinski definition) is 4. The summed E-state index contributed by atoms with van der Waals surface area (Å²) >= 11 is 3.26. The molecule has 8 heteroatoms. The van der Waals surface area contributed by atoms with Crippen LogP contribution in [0, 0.1) is 6.92 Å². The molecular formula is C12H16BrNO5S. The Morgan fingerprint density at radius 2 is 2.00 bits per heavy atom. The van der Waals surface area contributed by atoms with Gasteiger partial charge in [-0.1, -0.05) is 15.9 Å². The maximum Gasteiger partial charge on any atom is 0.321 e. The normalized spacial score (nSPS) is 13.3. The molecule has 1 unspecified atom stereocenters. The molecule has 1 atom stereocenters. The zero-order valence-corrected chi connectivity index (χ0v) is 13.9. The van der Waals surface area contributed by atoms with Crippen LogP contribution in [0.4, 0.5) is 0 Å². The number of sulfonamides is 1. The molecule has 0 saturated heterocycles. The molecule has 1 aromatic carbocycles. The quantitative estimate of drug-likeness (QED) is 0.860. The van der Waals surface area contributed by atoms with Crippen LogP contribution in [0.2, 0.25) is 0 Å². The molecule has 0 fully saturated rings. The van der Waals surface area contributed by atoms with Gasteiger partial charge in [0.15, 0.2) is 0 Å². The number of carboxylic acids is 1. The number of rotatable bonds is 5. The van der Waals surface area contributed by atoms with E-state index < -0.39 is 22.0 Å². The van der Waals surface area contributed by atoms with Crippen LogP contribution >= 0.6 is 15.9 Å². The molecule has 20 heavy (non-hydrogen) atoms. The Balaban J connectivity index is 3.42. The lowest BCUT2D eigenvalue weighted by atomic mass is 10.2. The Kier molecular flexibility index (Phi) is 5.17. The lowest BCUT2D eigenvalue weighted by molar-refractivity contribution is -0.140. The van der Waals surface area contributed by atoms with E-state index in [0.29, 0.717) is 4.47 Å². The summed E-state index contributed by atoms with van der Waals surface area (Å²) in [7, 11) is -1.38. The number of likely N-dealkylation sites (N-methyl/N-ethyl adjacent to an activating group) is 1. The van der Waals surface area contributed by atoms with Gasteiger partial charge in [0.1, 0.15) is 16.7 Å². The van der Waals surface area contributed by atoms with E-state index in [-0.39, 0.29) is 10.6 Å². The summed E-state index contributed by atoms with van der Waals surface area (Å²) in [6, 6.07) is 1.81. The van der Waals surface area contributed by atoms with Gasteiger partial charge in [0.2, 0.25) is 10.0 Å². The number of aryl methyl sites for hydroxylation is 1. The van der Waals surface area contributed by atoms with E-state index in [1.807, 2.05) is 0 Å². The van der Waals surface area contributed by atoms with Crippen molar-refractivity contribution in [2.45, 2.75) is 24.8 Å². The molecule has 0 radical (unpaired) electrons. The zero-order valence-electron chi connectivity index (χ0n) is 11.5. The van der Waals surface area contributed by atoms with E-state index in [4.69, 9.17) is 9.84 Å². The number of carbonyl (C=O) groups is 1. The maximum absolute atomic E-state index is 12.5. The lowest BCUT2D eigenvalue weighted by Crippen LogP contribution is -2.40. The van der Waals surface area contributed by atoms with E-state index in [1.54, 1.807) is 13.0 Å². The van der Waals surface area contributed by atoms with Crippen LogP contribution in [0.1, 0.15) is 12.5 Å². The number of aliphatic carboxylic acids is 1. The molecular weight excluding hydrogens is 350 g/mol. The Bertz CT molecular complexity index is 629. The minimum atomic E-state index is -3.97. The summed E-state index contributed by atoms with van der Waals surface area (Å²) in [6.45, 7) is 3.10. The van der Waals surface area contributed by atoms with Gasteiger partial charge in [-0.15, -0.1) is 0 Å². The molecule has 0 heterocycles. The predicted molar refractivity (Wildman–Crippen MR) is 77.5 cm³/mol. The van der Waals surface area contributed by atoms with Crippen LogP contribution in [-0.2, 0) is 14.8 Å². The number of methoxy groups -OCH3 is 1. The molecule has 112 valence electrons. The zero-order chi connectivity index (χ0) is 15.7. The highest BCUT2D eigenvalue weighted by Crippen LogP contribution is 2.32. The summed E-state index contributed by atoms with van der Waals surface area (Å²) < 4.78 is 31.5. The Labute approximate surface area is 126 Å². The molecule has 1 aromatic rings. The number of hydrogen-bond donors (Lipinski definition) is 1. The van der Waals surface area contributed by atoms with E-state index >= 15 is 0 Å². The van der Waals surface area contributed by atoms with Crippen LogP contribution in [0.3, 0.4) is 0 Å². The van der Waals surface area contributed by atoms with Crippen molar-refractivity contribution < 1.29 is 23.1 Å². The van der Waals surface area contributed by atoms with Crippen molar-refractivity contribution in [2.75, 3.05) is 14.2 Å². The second kappa shape index (κ2) is 6.11. The first-order valence-electron chi connectivity index (χ1n) is 5.68. The molecule has 0 saturated carbocycles.